The topological polar surface area (TPSA) is 72.9 Å². The van der Waals surface area contributed by atoms with Gasteiger partial charge in [-0.3, -0.25) is 9.25 Å². The van der Waals surface area contributed by atoms with E-state index in [9.17, 15) is 4.79 Å². The van der Waals surface area contributed by atoms with Gasteiger partial charge >= 0.3 is 5.97 Å². The maximum Gasteiger partial charge on any atom is 0.328 e. The standard InChI is InChI=1S/C15H18N4O2/c1-10-11(7-8-14(20)21)15(18(2)17-10)19-9-16-12-5-3-4-6-13(12)19/h7-9H,3-6H2,1-2H3,(H,20,21)/b8-7+. The van der Waals surface area contributed by atoms with Crippen molar-refractivity contribution in [1.29, 1.82) is 0 Å². The van der Waals surface area contributed by atoms with E-state index in [-0.39, 0.29) is 0 Å². The molecule has 0 unspecified atom stereocenters. The first-order valence-corrected chi connectivity index (χ1v) is 7.08. The molecule has 0 saturated heterocycles. The number of aryl methyl sites for hydroxylation is 3. The van der Waals surface area contributed by atoms with Crippen LogP contribution in [0.2, 0.25) is 0 Å². The number of carbonyl (C=O) groups is 1. The molecule has 3 rings (SSSR count). The first-order valence-electron chi connectivity index (χ1n) is 7.08. The molecule has 0 aromatic carbocycles. The molecule has 0 bridgehead atoms. The number of hydrogen-bond acceptors (Lipinski definition) is 3. The fraction of sp³-hybridized carbons (Fsp3) is 0.400. The average molecular weight is 286 g/mol. The van der Waals surface area contributed by atoms with E-state index in [1.165, 1.54) is 12.1 Å². The van der Waals surface area contributed by atoms with Crippen LogP contribution in [0, 0.1) is 6.92 Å². The summed E-state index contributed by atoms with van der Waals surface area (Å²) in [4.78, 5) is 15.3. The van der Waals surface area contributed by atoms with Crippen LogP contribution in [0.3, 0.4) is 0 Å². The minimum atomic E-state index is -0.961. The highest BCUT2D eigenvalue weighted by atomic mass is 16.4. The lowest BCUT2D eigenvalue weighted by Crippen LogP contribution is -2.10. The Kier molecular flexibility index (Phi) is 3.37. The summed E-state index contributed by atoms with van der Waals surface area (Å²) in [7, 11) is 1.87. The van der Waals surface area contributed by atoms with Crippen LogP contribution in [0.25, 0.3) is 11.9 Å². The number of nitrogens with zero attached hydrogens (tertiary/aromatic N) is 4. The summed E-state index contributed by atoms with van der Waals surface area (Å²) in [6.07, 6.45) is 8.94. The van der Waals surface area contributed by atoms with Gasteiger partial charge in [-0.15, -0.1) is 0 Å². The van der Waals surface area contributed by atoms with Crippen molar-refractivity contribution in [3.63, 3.8) is 0 Å². The van der Waals surface area contributed by atoms with Crippen LogP contribution in [0.4, 0.5) is 0 Å². The van der Waals surface area contributed by atoms with Crippen LogP contribution >= 0.6 is 0 Å². The number of aliphatic carboxylic acids is 1. The van der Waals surface area contributed by atoms with E-state index in [2.05, 4.69) is 14.6 Å². The van der Waals surface area contributed by atoms with Gasteiger partial charge in [0.25, 0.3) is 0 Å². The van der Waals surface area contributed by atoms with Crippen LogP contribution in [0.15, 0.2) is 12.4 Å². The van der Waals surface area contributed by atoms with Gasteiger partial charge in [0, 0.05) is 24.4 Å². The Morgan fingerprint density at radius 2 is 2.14 bits per heavy atom. The Morgan fingerprint density at radius 3 is 2.90 bits per heavy atom. The summed E-state index contributed by atoms with van der Waals surface area (Å²) < 4.78 is 3.84. The van der Waals surface area contributed by atoms with Gasteiger partial charge in [0.05, 0.1) is 11.4 Å². The SMILES string of the molecule is Cc1nn(C)c(-n2cnc3c2CCCC3)c1/C=C/C(=O)O. The van der Waals surface area contributed by atoms with Crippen molar-refractivity contribution in [2.45, 2.75) is 32.6 Å². The maximum absolute atomic E-state index is 10.8. The molecule has 0 radical (unpaired) electrons. The van der Waals surface area contributed by atoms with E-state index in [1.807, 2.05) is 20.3 Å². The fourth-order valence-electron chi connectivity index (χ4n) is 2.95. The molecule has 2 heterocycles. The third-order valence-electron chi connectivity index (χ3n) is 3.89. The zero-order valence-corrected chi connectivity index (χ0v) is 12.2. The van der Waals surface area contributed by atoms with E-state index in [0.717, 1.165) is 48.1 Å². The van der Waals surface area contributed by atoms with Crippen LogP contribution < -0.4 is 0 Å². The Hall–Kier alpha value is -2.37. The summed E-state index contributed by atoms with van der Waals surface area (Å²) in [5, 5.41) is 13.3. The third-order valence-corrected chi connectivity index (χ3v) is 3.89. The van der Waals surface area contributed by atoms with Crippen molar-refractivity contribution in [1.82, 2.24) is 19.3 Å². The van der Waals surface area contributed by atoms with Crippen LogP contribution in [0.5, 0.6) is 0 Å². The lowest BCUT2D eigenvalue weighted by molar-refractivity contribution is -0.131. The molecule has 6 nitrogen and oxygen atoms in total. The second-order valence-electron chi connectivity index (χ2n) is 5.33. The summed E-state index contributed by atoms with van der Waals surface area (Å²) in [5.74, 6) is -0.0856. The van der Waals surface area contributed by atoms with Crippen molar-refractivity contribution in [2.75, 3.05) is 0 Å². The lowest BCUT2D eigenvalue weighted by atomic mass is 10.0. The molecule has 0 fully saturated rings. The fourth-order valence-corrected chi connectivity index (χ4v) is 2.95. The number of fused-ring (bicyclic) bond motifs is 1. The predicted octanol–water partition coefficient (Wildman–Crippen LogP) is 1.89. The highest BCUT2D eigenvalue weighted by Crippen LogP contribution is 2.26. The summed E-state index contributed by atoms with van der Waals surface area (Å²) in [6, 6.07) is 0. The quantitative estimate of drug-likeness (QED) is 0.874. The molecule has 0 atom stereocenters. The molecule has 0 spiro atoms. The highest BCUT2D eigenvalue weighted by molar-refractivity contribution is 5.86. The zero-order chi connectivity index (χ0) is 15.0. The Labute approximate surface area is 122 Å². The molecule has 0 saturated carbocycles. The lowest BCUT2D eigenvalue weighted by Gasteiger charge is -2.14. The molecule has 1 N–H and O–H groups in total. The third kappa shape index (κ3) is 2.37. The van der Waals surface area contributed by atoms with Gasteiger partial charge in [0.1, 0.15) is 12.1 Å². The smallest absolute Gasteiger partial charge is 0.328 e. The number of hydrogen-bond donors (Lipinski definition) is 1. The summed E-state index contributed by atoms with van der Waals surface area (Å²) >= 11 is 0. The molecule has 21 heavy (non-hydrogen) atoms. The van der Waals surface area contributed by atoms with Crippen LogP contribution in [-0.4, -0.2) is 30.4 Å². The minimum Gasteiger partial charge on any atom is -0.478 e. The normalized spacial score (nSPS) is 14.6. The molecule has 0 amide bonds. The van der Waals surface area contributed by atoms with E-state index in [1.54, 1.807) is 10.8 Å². The Balaban J connectivity index is 2.14. The second-order valence-corrected chi connectivity index (χ2v) is 5.33. The summed E-state index contributed by atoms with van der Waals surface area (Å²) in [6.45, 7) is 1.88. The minimum absolute atomic E-state index is 0.809. The largest absolute Gasteiger partial charge is 0.478 e. The van der Waals surface area contributed by atoms with E-state index >= 15 is 0 Å². The van der Waals surface area contributed by atoms with Crippen molar-refractivity contribution in [2.24, 2.45) is 7.05 Å². The van der Waals surface area contributed by atoms with Gasteiger partial charge in [-0.25, -0.2) is 9.78 Å². The Bertz CT molecular complexity index is 724. The van der Waals surface area contributed by atoms with Gasteiger partial charge < -0.3 is 5.11 Å². The first kappa shape index (κ1) is 13.6. The van der Waals surface area contributed by atoms with Crippen molar-refractivity contribution in [3.05, 3.63) is 35.0 Å². The molecule has 1 aliphatic rings. The van der Waals surface area contributed by atoms with Crippen LogP contribution in [-0.2, 0) is 24.7 Å². The van der Waals surface area contributed by atoms with E-state index in [0.29, 0.717) is 0 Å². The number of carboxylic acids is 1. The molecular formula is C15H18N4O2. The molecule has 110 valence electrons. The van der Waals surface area contributed by atoms with Crippen molar-refractivity contribution >= 4 is 12.0 Å². The van der Waals surface area contributed by atoms with Gasteiger partial charge in [0.2, 0.25) is 0 Å². The number of rotatable bonds is 3. The number of aromatic nitrogens is 4. The summed E-state index contributed by atoms with van der Waals surface area (Å²) in [5.41, 5.74) is 4.00. The number of imidazole rings is 1. The van der Waals surface area contributed by atoms with Gasteiger partial charge in [-0.2, -0.15) is 5.10 Å². The van der Waals surface area contributed by atoms with Gasteiger partial charge in [-0.05, 0) is 38.7 Å². The first-order chi connectivity index (χ1) is 10.1. The Morgan fingerprint density at radius 1 is 1.38 bits per heavy atom. The molecular weight excluding hydrogens is 268 g/mol. The van der Waals surface area contributed by atoms with Gasteiger partial charge in [0.15, 0.2) is 0 Å². The zero-order valence-electron chi connectivity index (χ0n) is 12.2. The van der Waals surface area contributed by atoms with Crippen LogP contribution in [0.1, 0.15) is 35.5 Å². The van der Waals surface area contributed by atoms with Crippen molar-refractivity contribution < 1.29 is 9.90 Å². The molecule has 2 aromatic rings. The van der Waals surface area contributed by atoms with Crippen molar-refractivity contribution in [3.8, 4) is 5.82 Å². The molecule has 0 aliphatic heterocycles. The highest BCUT2D eigenvalue weighted by Gasteiger charge is 2.20. The second kappa shape index (κ2) is 5.20. The molecule has 2 aromatic heterocycles. The molecule has 6 heteroatoms. The van der Waals surface area contributed by atoms with E-state index < -0.39 is 5.97 Å². The number of carboxylic acid groups (broad SMARTS) is 1. The average Bonchev–Trinajstić information content (AvgIpc) is 2.97. The van der Waals surface area contributed by atoms with Gasteiger partial charge in [-0.1, -0.05) is 0 Å². The predicted molar refractivity (Wildman–Crippen MR) is 78.4 cm³/mol. The van der Waals surface area contributed by atoms with E-state index in [4.69, 9.17) is 5.11 Å². The molecule has 1 aliphatic carbocycles. The monoisotopic (exact) mass is 286 g/mol. The maximum atomic E-state index is 10.8.